The Morgan fingerprint density at radius 3 is 2.68 bits per heavy atom. The summed E-state index contributed by atoms with van der Waals surface area (Å²) in [5.74, 6) is -0.613. The van der Waals surface area contributed by atoms with Gasteiger partial charge in [-0.05, 0) is 13.8 Å². The van der Waals surface area contributed by atoms with Crippen molar-refractivity contribution in [2.75, 3.05) is 5.32 Å². The summed E-state index contributed by atoms with van der Waals surface area (Å²) >= 11 is 0. The average Bonchev–Trinajstić information content (AvgIpc) is 2.67. The molecule has 2 aromatic rings. The number of carbonyl (C=O) groups is 1. The highest BCUT2D eigenvalue weighted by Gasteiger charge is 2.10. The molecule has 0 unspecified atom stereocenters. The molecule has 0 aliphatic heterocycles. The Labute approximate surface area is 110 Å². The molecule has 7 heteroatoms. The Balaban J connectivity index is 2.10. The van der Waals surface area contributed by atoms with E-state index in [2.05, 4.69) is 20.4 Å². The topological polar surface area (TPSA) is 92.9 Å². The first-order chi connectivity index (χ1) is 8.99. The van der Waals surface area contributed by atoms with Crippen LogP contribution in [-0.2, 0) is 13.6 Å². The first-order valence-corrected chi connectivity index (χ1v) is 5.77. The van der Waals surface area contributed by atoms with Gasteiger partial charge in [-0.25, -0.2) is 14.8 Å². The SMILES string of the molecule is Cc1nc(NCc2cnn(C)c2C)ncc1C(=O)O. The Kier molecular flexibility index (Phi) is 3.46. The number of aryl methyl sites for hydroxylation is 2. The quantitative estimate of drug-likeness (QED) is 0.857. The summed E-state index contributed by atoms with van der Waals surface area (Å²) < 4.78 is 1.79. The van der Waals surface area contributed by atoms with Gasteiger partial charge in [0.2, 0.25) is 5.95 Å². The highest BCUT2D eigenvalue weighted by Crippen LogP contribution is 2.10. The number of hydrogen-bond donors (Lipinski definition) is 2. The van der Waals surface area contributed by atoms with Crippen molar-refractivity contribution < 1.29 is 9.90 Å². The second-order valence-electron chi connectivity index (χ2n) is 4.23. The van der Waals surface area contributed by atoms with Crippen molar-refractivity contribution in [3.05, 3.63) is 34.9 Å². The molecule has 0 aliphatic rings. The average molecular weight is 261 g/mol. The van der Waals surface area contributed by atoms with Gasteiger partial charge >= 0.3 is 5.97 Å². The van der Waals surface area contributed by atoms with Gasteiger partial charge in [0.05, 0.1) is 17.5 Å². The Bertz CT molecular complexity index is 621. The van der Waals surface area contributed by atoms with Gasteiger partial charge in [0.25, 0.3) is 0 Å². The summed E-state index contributed by atoms with van der Waals surface area (Å²) in [5.41, 5.74) is 2.66. The number of anilines is 1. The standard InChI is InChI=1S/C12H15N5O2/c1-7-10(11(18)19)6-14-12(16-7)13-4-9-5-15-17(3)8(9)2/h5-6H,4H2,1-3H3,(H,18,19)(H,13,14,16). The number of carboxylic acids is 1. The minimum Gasteiger partial charge on any atom is -0.478 e. The molecule has 0 saturated carbocycles. The summed E-state index contributed by atoms with van der Waals surface area (Å²) in [7, 11) is 1.88. The Morgan fingerprint density at radius 1 is 1.42 bits per heavy atom. The van der Waals surface area contributed by atoms with Crippen molar-refractivity contribution >= 4 is 11.9 Å². The molecule has 0 amide bonds. The zero-order valence-corrected chi connectivity index (χ0v) is 11.0. The number of aromatic nitrogens is 4. The van der Waals surface area contributed by atoms with Gasteiger partial charge in [-0.15, -0.1) is 0 Å². The van der Waals surface area contributed by atoms with Crippen LogP contribution in [0.15, 0.2) is 12.4 Å². The van der Waals surface area contributed by atoms with Crippen molar-refractivity contribution in [2.45, 2.75) is 20.4 Å². The van der Waals surface area contributed by atoms with Crippen LogP contribution in [0.3, 0.4) is 0 Å². The van der Waals surface area contributed by atoms with Crippen LogP contribution in [0, 0.1) is 13.8 Å². The lowest BCUT2D eigenvalue weighted by Crippen LogP contribution is -2.09. The summed E-state index contributed by atoms with van der Waals surface area (Å²) in [4.78, 5) is 18.9. The maximum absolute atomic E-state index is 10.8. The van der Waals surface area contributed by atoms with E-state index in [1.165, 1.54) is 6.20 Å². The van der Waals surface area contributed by atoms with Crippen LogP contribution in [0.1, 0.15) is 27.3 Å². The molecule has 0 radical (unpaired) electrons. The fourth-order valence-electron chi connectivity index (χ4n) is 1.65. The van der Waals surface area contributed by atoms with Gasteiger partial charge in [-0.2, -0.15) is 5.10 Å². The molecule has 2 heterocycles. The molecule has 100 valence electrons. The third-order valence-electron chi connectivity index (χ3n) is 2.98. The summed E-state index contributed by atoms with van der Waals surface area (Å²) in [6.07, 6.45) is 3.09. The molecular formula is C12H15N5O2. The fourth-order valence-corrected chi connectivity index (χ4v) is 1.65. The minimum absolute atomic E-state index is 0.114. The number of carboxylic acid groups (broad SMARTS) is 1. The maximum Gasteiger partial charge on any atom is 0.339 e. The molecule has 0 bridgehead atoms. The van der Waals surface area contributed by atoms with Crippen LogP contribution < -0.4 is 5.32 Å². The molecule has 0 atom stereocenters. The van der Waals surface area contributed by atoms with Gasteiger partial charge < -0.3 is 10.4 Å². The normalized spacial score (nSPS) is 10.5. The third kappa shape index (κ3) is 2.70. The van der Waals surface area contributed by atoms with E-state index < -0.39 is 5.97 Å². The molecule has 7 nitrogen and oxygen atoms in total. The van der Waals surface area contributed by atoms with E-state index in [4.69, 9.17) is 5.11 Å². The number of nitrogens with one attached hydrogen (secondary N) is 1. The lowest BCUT2D eigenvalue weighted by atomic mass is 10.2. The van der Waals surface area contributed by atoms with Gasteiger partial charge in [0.15, 0.2) is 0 Å². The molecule has 2 aromatic heterocycles. The number of aromatic carboxylic acids is 1. The third-order valence-corrected chi connectivity index (χ3v) is 2.98. The zero-order chi connectivity index (χ0) is 14.0. The first kappa shape index (κ1) is 13.0. The molecule has 0 fully saturated rings. The summed E-state index contributed by atoms with van der Waals surface area (Å²) in [6.45, 7) is 4.17. The molecule has 0 spiro atoms. The van der Waals surface area contributed by atoms with E-state index in [0.717, 1.165) is 11.3 Å². The van der Waals surface area contributed by atoms with Gasteiger partial charge in [-0.1, -0.05) is 0 Å². The zero-order valence-electron chi connectivity index (χ0n) is 11.0. The van der Waals surface area contributed by atoms with Crippen LogP contribution in [0.5, 0.6) is 0 Å². The molecule has 0 aliphatic carbocycles. The summed E-state index contributed by atoms with van der Waals surface area (Å²) in [6, 6.07) is 0. The second-order valence-corrected chi connectivity index (χ2v) is 4.23. The minimum atomic E-state index is -1.02. The van der Waals surface area contributed by atoms with Crippen LogP contribution >= 0.6 is 0 Å². The number of nitrogens with zero attached hydrogens (tertiary/aromatic N) is 4. The fraction of sp³-hybridized carbons (Fsp3) is 0.333. The second kappa shape index (κ2) is 5.05. The predicted molar refractivity (Wildman–Crippen MR) is 69.0 cm³/mol. The Morgan fingerprint density at radius 2 is 2.16 bits per heavy atom. The monoisotopic (exact) mass is 261 g/mol. The van der Waals surface area contributed by atoms with Crippen LogP contribution in [0.2, 0.25) is 0 Å². The molecular weight excluding hydrogens is 246 g/mol. The van der Waals surface area contributed by atoms with E-state index in [1.807, 2.05) is 14.0 Å². The van der Waals surface area contributed by atoms with Gasteiger partial charge in [-0.3, -0.25) is 4.68 Å². The smallest absolute Gasteiger partial charge is 0.339 e. The van der Waals surface area contributed by atoms with E-state index in [9.17, 15) is 4.79 Å². The Hall–Kier alpha value is -2.44. The van der Waals surface area contributed by atoms with Crippen LogP contribution in [0.4, 0.5) is 5.95 Å². The first-order valence-electron chi connectivity index (χ1n) is 5.77. The van der Waals surface area contributed by atoms with Crippen molar-refractivity contribution in [3.63, 3.8) is 0 Å². The molecule has 0 aromatic carbocycles. The van der Waals surface area contributed by atoms with E-state index in [0.29, 0.717) is 18.2 Å². The van der Waals surface area contributed by atoms with Crippen LogP contribution in [0.25, 0.3) is 0 Å². The van der Waals surface area contributed by atoms with E-state index in [-0.39, 0.29) is 5.56 Å². The van der Waals surface area contributed by atoms with Crippen molar-refractivity contribution in [3.8, 4) is 0 Å². The summed E-state index contributed by atoms with van der Waals surface area (Å²) in [5, 5.41) is 16.1. The molecule has 2 N–H and O–H groups in total. The molecule has 0 saturated heterocycles. The van der Waals surface area contributed by atoms with Gasteiger partial charge in [0.1, 0.15) is 0 Å². The highest BCUT2D eigenvalue weighted by molar-refractivity contribution is 5.88. The van der Waals surface area contributed by atoms with Crippen molar-refractivity contribution in [1.82, 2.24) is 19.7 Å². The highest BCUT2D eigenvalue weighted by atomic mass is 16.4. The van der Waals surface area contributed by atoms with Crippen LogP contribution in [-0.4, -0.2) is 30.8 Å². The molecule has 2 rings (SSSR count). The van der Waals surface area contributed by atoms with E-state index >= 15 is 0 Å². The largest absolute Gasteiger partial charge is 0.478 e. The predicted octanol–water partition coefficient (Wildman–Crippen LogP) is 1.14. The van der Waals surface area contributed by atoms with Gasteiger partial charge in [0, 0.05) is 31.0 Å². The van der Waals surface area contributed by atoms with Crippen molar-refractivity contribution in [1.29, 1.82) is 0 Å². The number of rotatable bonds is 4. The lowest BCUT2D eigenvalue weighted by molar-refractivity contribution is 0.0695. The lowest BCUT2D eigenvalue weighted by Gasteiger charge is -2.06. The number of hydrogen-bond acceptors (Lipinski definition) is 5. The van der Waals surface area contributed by atoms with E-state index in [1.54, 1.807) is 17.8 Å². The maximum atomic E-state index is 10.8. The van der Waals surface area contributed by atoms with Crippen molar-refractivity contribution in [2.24, 2.45) is 7.05 Å². The molecule has 19 heavy (non-hydrogen) atoms.